The predicted molar refractivity (Wildman–Crippen MR) is 76.6 cm³/mol. The smallest absolute Gasteiger partial charge is 0.0472 e. The Morgan fingerprint density at radius 3 is 2.76 bits per heavy atom. The van der Waals surface area contributed by atoms with Crippen LogP contribution in [0, 0.1) is 0 Å². The van der Waals surface area contributed by atoms with Crippen LogP contribution in [0.3, 0.4) is 0 Å². The van der Waals surface area contributed by atoms with Gasteiger partial charge >= 0.3 is 0 Å². The largest absolute Gasteiger partial charge is 0.318 e. The summed E-state index contributed by atoms with van der Waals surface area (Å²) in [6.45, 7) is 1.02. The summed E-state index contributed by atoms with van der Waals surface area (Å²) in [6.07, 6.45) is 1.33. The lowest BCUT2D eigenvalue weighted by Crippen LogP contribution is -2.39. The van der Waals surface area contributed by atoms with Crippen LogP contribution in [0.25, 0.3) is 0 Å². The summed E-state index contributed by atoms with van der Waals surface area (Å²) in [5.74, 6) is 2.60. The van der Waals surface area contributed by atoms with Crippen molar-refractivity contribution >= 4 is 11.8 Å². The molecule has 1 saturated heterocycles. The summed E-state index contributed by atoms with van der Waals surface area (Å²) in [7, 11) is 4.30. The number of thioether (sulfide) groups is 1. The Morgan fingerprint density at radius 2 is 2.18 bits per heavy atom. The molecular formula is C14H22N2S. The van der Waals surface area contributed by atoms with Gasteiger partial charge in [-0.05, 0) is 31.8 Å². The third-order valence-corrected chi connectivity index (χ3v) is 4.70. The molecule has 1 aromatic carbocycles. The molecule has 17 heavy (non-hydrogen) atoms. The second-order valence-electron chi connectivity index (χ2n) is 4.67. The lowest BCUT2D eigenvalue weighted by molar-refractivity contribution is 0.186. The van der Waals surface area contributed by atoms with Gasteiger partial charge in [-0.1, -0.05) is 30.3 Å². The van der Waals surface area contributed by atoms with Crippen LogP contribution in [0.5, 0.6) is 0 Å². The number of hydrogen-bond acceptors (Lipinski definition) is 3. The number of likely N-dealkylation sites (N-methyl/N-ethyl adjacent to an activating group) is 2. The van der Waals surface area contributed by atoms with Crippen molar-refractivity contribution in [3.63, 3.8) is 0 Å². The van der Waals surface area contributed by atoms with Gasteiger partial charge in [0.15, 0.2) is 0 Å². The van der Waals surface area contributed by atoms with Crippen molar-refractivity contribution in [2.45, 2.75) is 18.5 Å². The first-order valence-electron chi connectivity index (χ1n) is 6.32. The van der Waals surface area contributed by atoms with Crippen molar-refractivity contribution in [3.05, 3.63) is 35.9 Å². The van der Waals surface area contributed by atoms with E-state index in [4.69, 9.17) is 0 Å². The van der Waals surface area contributed by atoms with Crippen molar-refractivity contribution < 1.29 is 0 Å². The number of hydrogen-bond donors (Lipinski definition) is 1. The van der Waals surface area contributed by atoms with Gasteiger partial charge in [0, 0.05) is 24.4 Å². The Labute approximate surface area is 109 Å². The maximum Gasteiger partial charge on any atom is 0.0472 e. The molecule has 0 amide bonds. The van der Waals surface area contributed by atoms with Crippen molar-refractivity contribution in [2.75, 3.05) is 32.1 Å². The van der Waals surface area contributed by atoms with Gasteiger partial charge in [-0.3, -0.25) is 4.90 Å². The summed E-state index contributed by atoms with van der Waals surface area (Å²) >= 11 is 2.08. The molecule has 2 atom stereocenters. The number of nitrogens with zero attached hydrogens (tertiary/aromatic N) is 1. The van der Waals surface area contributed by atoms with E-state index in [0.717, 1.165) is 12.6 Å². The maximum atomic E-state index is 3.32. The molecule has 1 N–H and O–H groups in total. The Bertz CT molecular complexity index is 322. The topological polar surface area (TPSA) is 15.3 Å². The van der Waals surface area contributed by atoms with Gasteiger partial charge in [0.05, 0.1) is 0 Å². The molecule has 1 aliphatic heterocycles. The third kappa shape index (κ3) is 3.24. The minimum atomic E-state index is 0.491. The first-order valence-corrected chi connectivity index (χ1v) is 7.47. The van der Waals surface area contributed by atoms with E-state index in [9.17, 15) is 0 Å². The Hall–Kier alpha value is -0.510. The van der Waals surface area contributed by atoms with Gasteiger partial charge in [-0.2, -0.15) is 11.8 Å². The summed E-state index contributed by atoms with van der Waals surface area (Å²) in [6, 6.07) is 12.1. The second-order valence-corrected chi connectivity index (χ2v) is 5.82. The Kier molecular flexibility index (Phi) is 4.89. The van der Waals surface area contributed by atoms with Gasteiger partial charge < -0.3 is 5.32 Å². The molecule has 94 valence electrons. The summed E-state index contributed by atoms with van der Waals surface area (Å²) in [5, 5.41) is 3.32. The molecule has 1 aromatic rings. The van der Waals surface area contributed by atoms with E-state index in [1.807, 2.05) is 7.05 Å². The van der Waals surface area contributed by atoms with E-state index in [-0.39, 0.29) is 0 Å². The number of nitrogens with one attached hydrogen (secondary N) is 1. The van der Waals surface area contributed by atoms with Crippen molar-refractivity contribution in [3.8, 4) is 0 Å². The van der Waals surface area contributed by atoms with Gasteiger partial charge in [-0.25, -0.2) is 0 Å². The van der Waals surface area contributed by atoms with E-state index in [1.165, 1.54) is 23.5 Å². The minimum Gasteiger partial charge on any atom is -0.318 e. The van der Waals surface area contributed by atoms with Crippen LogP contribution >= 0.6 is 11.8 Å². The van der Waals surface area contributed by atoms with E-state index < -0.39 is 0 Å². The van der Waals surface area contributed by atoms with E-state index in [0.29, 0.717) is 6.04 Å². The summed E-state index contributed by atoms with van der Waals surface area (Å²) in [5.41, 5.74) is 1.42. The zero-order valence-corrected chi connectivity index (χ0v) is 11.5. The van der Waals surface area contributed by atoms with Crippen molar-refractivity contribution in [2.24, 2.45) is 0 Å². The summed E-state index contributed by atoms with van der Waals surface area (Å²) in [4.78, 5) is 2.55. The van der Waals surface area contributed by atoms with Gasteiger partial charge in [0.2, 0.25) is 0 Å². The molecule has 0 bridgehead atoms. The fourth-order valence-electron chi connectivity index (χ4n) is 2.46. The molecule has 1 aliphatic rings. The first-order chi connectivity index (χ1) is 8.33. The normalized spacial score (nSPS) is 21.9. The molecule has 0 spiro atoms. The SMILES string of the molecule is CNCC(c1ccccc1)N(C)C1CCSC1. The molecule has 2 rings (SSSR count). The molecule has 1 heterocycles. The molecule has 2 nitrogen and oxygen atoms in total. The standard InChI is InChI=1S/C14H22N2S/c1-15-10-14(12-6-4-3-5-7-12)16(2)13-8-9-17-11-13/h3-7,13-15H,8-11H2,1-2H3. The quantitative estimate of drug-likeness (QED) is 0.864. The van der Waals surface area contributed by atoms with Crippen LogP contribution in [0.4, 0.5) is 0 Å². The van der Waals surface area contributed by atoms with Crippen LogP contribution < -0.4 is 5.32 Å². The van der Waals surface area contributed by atoms with Crippen LogP contribution in [-0.4, -0.2) is 43.1 Å². The average molecular weight is 250 g/mol. The molecule has 3 heteroatoms. The van der Waals surface area contributed by atoms with E-state index in [1.54, 1.807) is 0 Å². The Balaban J connectivity index is 2.10. The van der Waals surface area contributed by atoms with Crippen LogP contribution in [0.15, 0.2) is 30.3 Å². The highest BCUT2D eigenvalue weighted by Gasteiger charge is 2.26. The van der Waals surface area contributed by atoms with Crippen LogP contribution in [0.1, 0.15) is 18.0 Å². The number of benzene rings is 1. The average Bonchev–Trinajstić information content (AvgIpc) is 2.90. The highest BCUT2D eigenvalue weighted by molar-refractivity contribution is 7.99. The fourth-order valence-corrected chi connectivity index (χ4v) is 3.74. The van der Waals surface area contributed by atoms with Crippen LogP contribution in [0.2, 0.25) is 0 Å². The van der Waals surface area contributed by atoms with Crippen LogP contribution in [-0.2, 0) is 0 Å². The highest BCUT2D eigenvalue weighted by atomic mass is 32.2. The maximum absolute atomic E-state index is 3.32. The second kappa shape index (κ2) is 6.43. The summed E-state index contributed by atoms with van der Waals surface area (Å²) < 4.78 is 0. The molecule has 2 unspecified atom stereocenters. The molecule has 1 fully saturated rings. The lowest BCUT2D eigenvalue weighted by atomic mass is 10.0. The molecule has 0 aliphatic carbocycles. The number of rotatable bonds is 5. The van der Waals surface area contributed by atoms with Gasteiger partial charge in [-0.15, -0.1) is 0 Å². The monoisotopic (exact) mass is 250 g/mol. The zero-order chi connectivity index (χ0) is 12.1. The molecular weight excluding hydrogens is 228 g/mol. The van der Waals surface area contributed by atoms with Crippen molar-refractivity contribution in [1.82, 2.24) is 10.2 Å². The van der Waals surface area contributed by atoms with Crippen molar-refractivity contribution in [1.29, 1.82) is 0 Å². The molecule has 0 saturated carbocycles. The lowest BCUT2D eigenvalue weighted by Gasteiger charge is -2.33. The zero-order valence-electron chi connectivity index (χ0n) is 10.7. The van der Waals surface area contributed by atoms with Gasteiger partial charge in [0.25, 0.3) is 0 Å². The van der Waals surface area contributed by atoms with E-state index >= 15 is 0 Å². The highest BCUT2D eigenvalue weighted by Crippen LogP contribution is 2.28. The first kappa shape index (κ1) is 12.9. The predicted octanol–water partition coefficient (Wildman–Crippen LogP) is 2.38. The Morgan fingerprint density at radius 1 is 1.41 bits per heavy atom. The molecule has 0 aromatic heterocycles. The fraction of sp³-hybridized carbons (Fsp3) is 0.571. The third-order valence-electron chi connectivity index (χ3n) is 3.56. The minimum absolute atomic E-state index is 0.491. The van der Waals surface area contributed by atoms with Gasteiger partial charge in [0.1, 0.15) is 0 Å². The molecule has 0 radical (unpaired) electrons. The van der Waals surface area contributed by atoms with E-state index in [2.05, 4.69) is 59.4 Å².